The van der Waals surface area contributed by atoms with Crippen LogP contribution in [0.3, 0.4) is 0 Å². The zero-order chi connectivity index (χ0) is 10.3. The highest BCUT2D eigenvalue weighted by Crippen LogP contribution is 2.33. The molecular formula is C9H7F3N2. The fraction of sp³-hybridized carbons (Fsp3) is 0.111. The summed E-state index contributed by atoms with van der Waals surface area (Å²) in [5.74, 6) is 0. The van der Waals surface area contributed by atoms with Crippen molar-refractivity contribution >= 4 is 16.6 Å². The summed E-state index contributed by atoms with van der Waals surface area (Å²) >= 11 is 0. The molecule has 0 saturated heterocycles. The van der Waals surface area contributed by atoms with E-state index in [1.165, 1.54) is 0 Å². The van der Waals surface area contributed by atoms with Gasteiger partial charge >= 0.3 is 6.18 Å². The maximum atomic E-state index is 12.3. The first-order valence-corrected chi connectivity index (χ1v) is 3.92. The van der Waals surface area contributed by atoms with Crippen LogP contribution in [0.5, 0.6) is 0 Å². The van der Waals surface area contributed by atoms with Gasteiger partial charge in [0.2, 0.25) is 0 Å². The van der Waals surface area contributed by atoms with Crippen LogP contribution < -0.4 is 5.73 Å². The molecule has 2 rings (SSSR count). The van der Waals surface area contributed by atoms with Crippen LogP contribution in [0.4, 0.5) is 18.9 Å². The molecule has 2 nitrogen and oxygen atoms in total. The molecule has 0 bridgehead atoms. The predicted octanol–water partition coefficient (Wildman–Crippen LogP) is 2.77. The predicted molar refractivity (Wildman–Crippen MR) is 47.7 cm³/mol. The Morgan fingerprint density at radius 3 is 2.57 bits per heavy atom. The number of benzene rings is 1. The van der Waals surface area contributed by atoms with Crippen molar-refractivity contribution in [2.24, 2.45) is 0 Å². The molecule has 74 valence electrons. The van der Waals surface area contributed by atoms with E-state index in [0.717, 1.165) is 12.1 Å². The molecule has 1 aromatic carbocycles. The maximum absolute atomic E-state index is 12.3. The summed E-state index contributed by atoms with van der Waals surface area (Å²) in [6, 6.07) is 3.63. The van der Waals surface area contributed by atoms with E-state index < -0.39 is 11.7 Å². The third-order valence-electron chi connectivity index (χ3n) is 2.03. The first-order valence-electron chi connectivity index (χ1n) is 3.92. The zero-order valence-corrected chi connectivity index (χ0v) is 7.02. The zero-order valence-electron chi connectivity index (χ0n) is 7.02. The van der Waals surface area contributed by atoms with Crippen molar-refractivity contribution < 1.29 is 13.2 Å². The fourth-order valence-electron chi connectivity index (χ4n) is 1.36. The van der Waals surface area contributed by atoms with Crippen LogP contribution in [0, 0.1) is 0 Å². The van der Waals surface area contributed by atoms with E-state index in [2.05, 4.69) is 4.98 Å². The highest BCUT2D eigenvalue weighted by Gasteiger charge is 2.31. The summed E-state index contributed by atoms with van der Waals surface area (Å²) in [4.78, 5) is 2.69. The topological polar surface area (TPSA) is 41.8 Å². The van der Waals surface area contributed by atoms with Crippen molar-refractivity contribution in [2.75, 3.05) is 5.73 Å². The van der Waals surface area contributed by atoms with E-state index in [0.29, 0.717) is 10.9 Å². The minimum absolute atomic E-state index is 0.135. The molecule has 0 amide bonds. The summed E-state index contributed by atoms with van der Waals surface area (Å²) < 4.78 is 37.0. The van der Waals surface area contributed by atoms with E-state index >= 15 is 0 Å². The standard InChI is InChI=1S/C9H7F3N2/c10-9(11,12)5-3-7(13)6-1-2-14-8(6)4-5/h1-4,14H,13H2. The minimum atomic E-state index is -4.35. The Kier molecular flexibility index (Phi) is 1.70. The molecular weight excluding hydrogens is 193 g/mol. The number of H-pyrrole nitrogens is 1. The number of aromatic amines is 1. The van der Waals surface area contributed by atoms with Crippen LogP contribution in [0.15, 0.2) is 24.4 Å². The van der Waals surface area contributed by atoms with Crippen LogP contribution in [0.25, 0.3) is 10.9 Å². The Morgan fingerprint density at radius 2 is 1.93 bits per heavy atom. The van der Waals surface area contributed by atoms with Crippen molar-refractivity contribution in [2.45, 2.75) is 6.18 Å². The molecule has 5 heteroatoms. The number of nitrogens with one attached hydrogen (secondary N) is 1. The Labute approximate surface area is 77.5 Å². The van der Waals surface area contributed by atoms with Crippen LogP contribution in [0.1, 0.15) is 5.56 Å². The number of halogens is 3. The highest BCUT2D eigenvalue weighted by atomic mass is 19.4. The lowest BCUT2D eigenvalue weighted by Crippen LogP contribution is -2.05. The van der Waals surface area contributed by atoms with Gasteiger partial charge in [0.05, 0.1) is 5.56 Å². The van der Waals surface area contributed by atoms with Crippen molar-refractivity contribution in [3.8, 4) is 0 Å². The second-order valence-electron chi connectivity index (χ2n) is 3.00. The molecule has 0 radical (unpaired) electrons. The molecule has 1 heterocycles. The maximum Gasteiger partial charge on any atom is 0.416 e. The highest BCUT2D eigenvalue weighted by molar-refractivity contribution is 5.91. The molecule has 1 aromatic heterocycles. The van der Waals surface area contributed by atoms with E-state index in [1.807, 2.05) is 0 Å². The second-order valence-corrected chi connectivity index (χ2v) is 3.00. The van der Waals surface area contributed by atoms with Gasteiger partial charge in [-0.05, 0) is 18.2 Å². The van der Waals surface area contributed by atoms with E-state index in [9.17, 15) is 13.2 Å². The third-order valence-corrected chi connectivity index (χ3v) is 2.03. The monoisotopic (exact) mass is 200 g/mol. The smallest absolute Gasteiger partial charge is 0.398 e. The van der Waals surface area contributed by atoms with Gasteiger partial charge in [0.25, 0.3) is 0 Å². The first-order chi connectivity index (χ1) is 6.48. The Hall–Kier alpha value is -1.65. The molecule has 14 heavy (non-hydrogen) atoms. The number of aromatic nitrogens is 1. The number of hydrogen-bond donors (Lipinski definition) is 2. The van der Waals surface area contributed by atoms with Gasteiger partial charge < -0.3 is 10.7 Å². The van der Waals surface area contributed by atoms with Crippen LogP contribution >= 0.6 is 0 Å². The van der Waals surface area contributed by atoms with Crippen molar-refractivity contribution in [1.82, 2.24) is 4.98 Å². The SMILES string of the molecule is Nc1cc(C(F)(F)F)cc2[nH]ccc12. The second kappa shape index (κ2) is 2.67. The molecule has 2 aromatic rings. The van der Waals surface area contributed by atoms with Crippen LogP contribution in [-0.4, -0.2) is 4.98 Å². The Balaban J connectivity index is 2.70. The lowest BCUT2D eigenvalue weighted by molar-refractivity contribution is -0.137. The summed E-state index contributed by atoms with van der Waals surface area (Å²) in [6.45, 7) is 0. The lowest BCUT2D eigenvalue weighted by Gasteiger charge is -2.07. The number of alkyl halides is 3. The number of anilines is 1. The number of nitrogens with two attached hydrogens (primary N) is 1. The Morgan fingerprint density at radius 1 is 1.21 bits per heavy atom. The van der Waals surface area contributed by atoms with E-state index in [-0.39, 0.29) is 5.69 Å². The van der Waals surface area contributed by atoms with Gasteiger partial charge in [-0.25, -0.2) is 0 Å². The van der Waals surface area contributed by atoms with Gasteiger partial charge in [0.15, 0.2) is 0 Å². The summed E-state index contributed by atoms with van der Waals surface area (Å²) in [5.41, 5.74) is 5.28. The van der Waals surface area contributed by atoms with Gasteiger partial charge in [-0.3, -0.25) is 0 Å². The molecule has 0 aliphatic rings. The Bertz CT molecular complexity index is 470. The van der Waals surface area contributed by atoms with Crippen molar-refractivity contribution in [1.29, 1.82) is 0 Å². The minimum Gasteiger partial charge on any atom is -0.398 e. The van der Waals surface area contributed by atoms with Gasteiger partial charge in [0, 0.05) is 22.8 Å². The number of nitrogen functional groups attached to an aromatic ring is 1. The van der Waals surface area contributed by atoms with Crippen LogP contribution in [-0.2, 0) is 6.18 Å². The molecule has 3 N–H and O–H groups in total. The molecule has 0 atom stereocenters. The molecule has 0 saturated carbocycles. The average Bonchev–Trinajstić information content (AvgIpc) is 2.50. The quantitative estimate of drug-likeness (QED) is 0.631. The van der Waals surface area contributed by atoms with Crippen molar-refractivity contribution in [3.05, 3.63) is 30.0 Å². The summed E-state index contributed by atoms with van der Waals surface area (Å²) in [5, 5.41) is 0.609. The largest absolute Gasteiger partial charge is 0.416 e. The van der Waals surface area contributed by atoms with Crippen molar-refractivity contribution in [3.63, 3.8) is 0 Å². The molecule has 0 aliphatic heterocycles. The van der Waals surface area contributed by atoms with E-state index in [4.69, 9.17) is 5.73 Å². The van der Waals surface area contributed by atoms with Gasteiger partial charge in [-0.2, -0.15) is 13.2 Å². The molecule has 0 aliphatic carbocycles. The first kappa shape index (κ1) is 8.93. The molecule has 0 spiro atoms. The summed E-state index contributed by atoms with van der Waals surface area (Å²) in [7, 11) is 0. The lowest BCUT2D eigenvalue weighted by atomic mass is 10.1. The fourth-order valence-corrected chi connectivity index (χ4v) is 1.36. The molecule has 0 fully saturated rings. The molecule has 0 unspecified atom stereocenters. The van der Waals surface area contributed by atoms with E-state index in [1.54, 1.807) is 12.3 Å². The number of hydrogen-bond acceptors (Lipinski definition) is 1. The average molecular weight is 200 g/mol. The summed E-state index contributed by atoms with van der Waals surface area (Å²) in [6.07, 6.45) is -2.80. The van der Waals surface area contributed by atoms with Gasteiger partial charge in [-0.15, -0.1) is 0 Å². The third kappa shape index (κ3) is 1.30. The van der Waals surface area contributed by atoms with Gasteiger partial charge in [-0.1, -0.05) is 0 Å². The van der Waals surface area contributed by atoms with Crippen LogP contribution in [0.2, 0.25) is 0 Å². The normalized spacial score (nSPS) is 12.2. The number of rotatable bonds is 0. The number of fused-ring (bicyclic) bond motifs is 1. The van der Waals surface area contributed by atoms with Gasteiger partial charge in [0.1, 0.15) is 0 Å².